The molecular formula is C24H22F2N3O4S+. The highest BCUT2D eigenvalue weighted by Crippen LogP contribution is 2.26. The van der Waals surface area contributed by atoms with Crippen LogP contribution in [0.25, 0.3) is 10.8 Å². The van der Waals surface area contributed by atoms with Gasteiger partial charge in [-0.25, -0.2) is 22.1 Å². The van der Waals surface area contributed by atoms with Crippen molar-refractivity contribution >= 4 is 38.3 Å². The number of anilines is 1. The molecule has 2 heterocycles. The molecule has 0 spiro atoms. The lowest BCUT2D eigenvalue weighted by Gasteiger charge is -2.33. The third-order valence-electron chi connectivity index (χ3n) is 6.51. The molecule has 2 amide bonds. The summed E-state index contributed by atoms with van der Waals surface area (Å²) in [5, 5.41) is 1.78. The van der Waals surface area contributed by atoms with Gasteiger partial charge in [0, 0.05) is 6.07 Å². The summed E-state index contributed by atoms with van der Waals surface area (Å²) < 4.78 is 55.2. The minimum atomic E-state index is -3.72. The van der Waals surface area contributed by atoms with Crippen molar-refractivity contribution in [2.24, 2.45) is 0 Å². The van der Waals surface area contributed by atoms with Crippen molar-refractivity contribution in [2.75, 3.05) is 31.1 Å². The third-order valence-corrected chi connectivity index (χ3v) is 8.41. The quantitative estimate of drug-likeness (QED) is 0.565. The summed E-state index contributed by atoms with van der Waals surface area (Å²) in [4.78, 5) is 27.2. The van der Waals surface area contributed by atoms with Crippen molar-refractivity contribution in [3.05, 3.63) is 72.3 Å². The number of hydrogen-bond acceptors (Lipinski definition) is 4. The number of rotatable bonds is 4. The van der Waals surface area contributed by atoms with Crippen LogP contribution in [-0.2, 0) is 19.6 Å². The van der Waals surface area contributed by atoms with Crippen LogP contribution in [0.1, 0.15) is 6.42 Å². The number of carbonyl (C=O) groups excluding carboxylic acids is 2. The lowest BCUT2D eigenvalue weighted by Crippen LogP contribution is -3.19. The van der Waals surface area contributed by atoms with E-state index < -0.39 is 39.5 Å². The van der Waals surface area contributed by atoms with Crippen LogP contribution in [0.15, 0.2) is 65.6 Å². The van der Waals surface area contributed by atoms with E-state index in [1.807, 2.05) is 24.3 Å². The first kappa shape index (κ1) is 22.6. The molecule has 0 saturated carbocycles. The molecule has 2 fully saturated rings. The number of piperazine rings is 1. The van der Waals surface area contributed by atoms with Gasteiger partial charge in [0.1, 0.15) is 11.6 Å². The van der Waals surface area contributed by atoms with Crippen molar-refractivity contribution in [2.45, 2.75) is 17.4 Å². The molecule has 3 aromatic carbocycles. The second-order valence-corrected chi connectivity index (χ2v) is 10.4. The zero-order valence-electron chi connectivity index (χ0n) is 18.1. The smallest absolute Gasteiger partial charge is 0.292 e. The van der Waals surface area contributed by atoms with E-state index in [1.54, 1.807) is 18.2 Å². The summed E-state index contributed by atoms with van der Waals surface area (Å²) in [7, 11) is -3.72. The fourth-order valence-corrected chi connectivity index (χ4v) is 6.18. The summed E-state index contributed by atoms with van der Waals surface area (Å²) >= 11 is 0. The predicted octanol–water partition coefficient (Wildman–Crippen LogP) is 1.34. The maximum Gasteiger partial charge on any atom is 0.292 e. The zero-order chi connectivity index (χ0) is 24.0. The van der Waals surface area contributed by atoms with E-state index >= 15 is 0 Å². The van der Waals surface area contributed by atoms with E-state index in [-0.39, 0.29) is 30.1 Å². The summed E-state index contributed by atoms with van der Waals surface area (Å²) in [5.41, 5.74) is -0.268. The van der Waals surface area contributed by atoms with Crippen LogP contribution >= 0.6 is 0 Å². The van der Waals surface area contributed by atoms with Crippen molar-refractivity contribution in [3.63, 3.8) is 0 Å². The zero-order valence-corrected chi connectivity index (χ0v) is 18.9. The van der Waals surface area contributed by atoms with Crippen LogP contribution in [0, 0.1) is 11.6 Å². The molecule has 0 aliphatic carbocycles. The van der Waals surface area contributed by atoms with Crippen molar-refractivity contribution in [1.29, 1.82) is 0 Å². The summed E-state index contributed by atoms with van der Waals surface area (Å²) in [5.74, 6) is -2.90. The number of halogens is 2. The molecule has 1 N–H and O–H groups in total. The van der Waals surface area contributed by atoms with Crippen LogP contribution in [0.4, 0.5) is 14.5 Å². The first-order valence-corrected chi connectivity index (χ1v) is 12.3. The molecule has 1 atom stereocenters. The van der Waals surface area contributed by atoms with E-state index in [0.717, 1.165) is 32.7 Å². The first-order valence-electron chi connectivity index (χ1n) is 10.9. The molecule has 2 aliphatic heterocycles. The number of nitrogens with one attached hydrogen (secondary N) is 1. The van der Waals surface area contributed by atoms with Gasteiger partial charge in [-0.1, -0.05) is 30.3 Å². The van der Waals surface area contributed by atoms with E-state index in [1.165, 1.54) is 4.31 Å². The fraction of sp³-hybridized carbons (Fsp3) is 0.250. The van der Waals surface area contributed by atoms with E-state index in [9.17, 15) is 26.8 Å². The molecular weight excluding hydrogens is 464 g/mol. The van der Waals surface area contributed by atoms with E-state index in [4.69, 9.17) is 0 Å². The lowest BCUT2D eigenvalue weighted by molar-refractivity contribution is -0.918. The maximum atomic E-state index is 14.2. The van der Waals surface area contributed by atoms with Crippen LogP contribution in [0.2, 0.25) is 0 Å². The van der Waals surface area contributed by atoms with Crippen molar-refractivity contribution in [3.8, 4) is 0 Å². The summed E-state index contributed by atoms with van der Waals surface area (Å²) in [6.07, 6.45) is -0.109. The second-order valence-electron chi connectivity index (χ2n) is 8.49. The normalized spacial score (nSPS) is 20.4. The number of nitrogens with zero attached hydrogens (tertiary/aromatic N) is 2. The number of amides is 2. The van der Waals surface area contributed by atoms with Gasteiger partial charge < -0.3 is 4.90 Å². The summed E-state index contributed by atoms with van der Waals surface area (Å²) in [6.45, 7) is 1.03. The highest BCUT2D eigenvalue weighted by Gasteiger charge is 2.47. The van der Waals surface area contributed by atoms with Crippen LogP contribution in [0.5, 0.6) is 0 Å². The van der Waals surface area contributed by atoms with Gasteiger partial charge >= 0.3 is 0 Å². The standard InChI is InChI=1S/C24H21F2N3O4S/c25-18-6-8-21(20(26)14-18)29-23(30)15-22(24(29)31)27-9-11-28(12-10-27)34(32,33)19-7-5-16-3-1-2-4-17(16)13-19/h1-8,13-14,22H,9-12,15H2/p+1/t22-/m0/s1. The van der Waals surface area contributed by atoms with Gasteiger partial charge in [0.15, 0.2) is 6.04 Å². The third kappa shape index (κ3) is 3.87. The molecule has 0 aromatic heterocycles. The molecule has 3 aromatic rings. The van der Waals surface area contributed by atoms with Gasteiger partial charge in [-0.3, -0.25) is 9.59 Å². The molecule has 0 bridgehead atoms. The Kier molecular flexibility index (Phi) is 5.67. The Balaban J connectivity index is 1.30. The van der Waals surface area contributed by atoms with Crippen LogP contribution < -0.4 is 9.80 Å². The molecule has 34 heavy (non-hydrogen) atoms. The number of sulfonamides is 1. The average molecular weight is 487 g/mol. The van der Waals surface area contributed by atoms with Gasteiger partial charge in [-0.15, -0.1) is 0 Å². The Morgan fingerprint density at radius 1 is 0.882 bits per heavy atom. The number of benzene rings is 3. The highest BCUT2D eigenvalue weighted by molar-refractivity contribution is 7.89. The SMILES string of the molecule is O=C1C[C@H]([NH+]2CCN(S(=O)(=O)c3ccc4ccccc4c3)CC2)C(=O)N1c1ccc(F)cc1F. The van der Waals surface area contributed by atoms with Gasteiger partial charge in [0.25, 0.3) is 5.91 Å². The Bertz CT molecular complexity index is 1400. The molecule has 0 unspecified atom stereocenters. The van der Waals surface area contributed by atoms with Crippen molar-refractivity contribution in [1.82, 2.24) is 4.31 Å². The van der Waals surface area contributed by atoms with Crippen molar-refractivity contribution < 1.29 is 31.7 Å². The molecule has 5 rings (SSSR count). The molecule has 176 valence electrons. The highest BCUT2D eigenvalue weighted by atomic mass is 32.2. The Morgan fingerprint density at radius 3 is 2.29 bits per heavy atom. The van der Waals surface area contributed by atoms with Gasteiger partial charge in [-0.2, -0.15) is 4.31 Å². The molecule has 2 saturated heterocycles. The van der Waals surface area contributed by atoms with Gasteiger partial charge in [0.2, 0.25) is 15.9 Å². The second kappa shape index (κ2) is 8.53. The minimum absolute atomic E-state index is 0.109. The predicted molar refractivity (Wildman–Crippen MR) is 121 cm³/mol. The number of hydrogen-bond donors (Lipinski definition) is 1. The van der Waals surface area contributed by atoms with Crippen LogP contribution in [-0.4, -0.2) is 56.8 Å². The maximum absolute atomic E-state index is 14.2. The Labute approximate surface area is 195 Å². The van der Waals surface area contributed by atoms with E-state index in [0.29, 0.717) is 19.2 Å². The fourth-order valence-electron chi connectivity index (χ4n) is 4.71. The number of imide groups is 1. The van der Waals surface area contributed by atoms with E-state index in [2.05, 4.69) is 0 Å². The minimum Gasteiger partial charge on any atom is -0.322 e. The van der Waals surface area contributed by atoms with Gasteiger partial charge in [0.05, 0.1) is 43.2 Å². The van der Waals surface area contributed by atoms with Crippen LogP contribution in [0.3, 0.4) is 0 Å². The van der Waals surface area contributed by atoms with Gasteiger partial charge in [-0.05, 0) is 35.0 Å². The topological polar surface area (TPSA) is 79.2 Å². The monoisotopic (exact) mass is 486 g/mol. The Hall–Kier alpha value is -3.21. The average Bonchev–Trinajstić information content (AvgIpc) is 3.12. The number of quaternary nitrogens is 1. The number of carbonyl (C=O) groups is 2. The summed E-state index contributed by atoms with van der Waals surface area (Å²) in [6, 6.07) is 14.5. The Morgan fingerprint density at radius 2 is 1.59 bits per heavy atom. The first-order chi connectivity index (χ1) is 16.3. The number of fused-ring (bicyclic) bond motifs is 1. The molecule has 10 heteroatoms. The molecule has 7 nitrogen and oxygen atoms in total. The molecule has 2 aliphatic rings. The molecule has 0 radical (unpaired) electrons. The lowest BCUT2D eigenvalue weighted by atomic mass is 10.1. The largest absolute Gasteiger partial charge is 0.322 e.